The minimum Gasteiger partial charge on any atom is -0.351 e. The van der Waals surface area contributed by atoms with Crippen LogP contribution in [0.4, 0.5) is 4.79 Å². The van der Waals surface area contributed by atoms with Gasteiger partial charge in [0.25, 0.3) is 0 Å². The fourth-order valence-corrected chi connectivity index (χ4v) is 1.000. The molecule has 12 heavy (non-hydrogen) atoms. The molecule has 0 aliphatic heterocycles. The van der Waals surface area contributed by atoms with E-state index in [1.807, 2.05) is 0 Å². The first kappa shape index (κ1) is 11.0. The molecule has 0 saturated heterocycles. The number of unbranched alkanes of at least 4 members (excludes halogenated alkanes) is 2. The van der Waals surface area contributed by atoms with Crippen LogP contribution in [0.3, 0.4) is 0 Å². The first-order valence-electron chi connectivity index (χ1n) is 4.37. The number of hydrogen-bond acceptors (Lipinski definition) is 1. The van der Waals surface area contributed by atoms with Gasteiger partial charge in [-0.15, -0.1) is 6.58 Å². The van der Waals surface area contributed by atoms with E-state index in [0.717, 1.165) is 25.8 Å². The van der Waals surface area contributed by atoms with Crippen molar-refractivity contribution in [1.29, 1.82) is 0 Å². The predicted molar refractivity (Wildman–Crippen MR) is 50.9 cm³/mol. The van der Waals surface area contributed by atoms with Crippen molar-refractivity contribution in [2.75, 3.05) is 13.1 Å². The molecule has 0 saturated carbocycles. The van der Waals surface area contributed by atoms with Gasteiger partial charge in [-0.2, -0.15) is 0 Å². The number of urea groups is 1. The first-order chi connectivity index (χ1) is 5.72. The van der Waals surface area contributed by atoms with Crippen LogP contribution in [0.2, 0.25) is 0 Å². The molecule has 0 aliphatic carbocycles. The molecular formula is C9H18N2O. The Morgan fingerprint density at radius 1 is 1.58 bits per heavy atom. The fourth-order valence-electron chi connectivity index (χ4n) is 1.000. The molecule has 3 nitrogen and oxygen atoms in total. The number of nitrogens with two attached hydrogens (primary N) is 1. The standard InChI is InChI=1S/C9H18N2O/c1-3-5-6-8-11(7-4-2)9(10)12/h4H,2-3,5-8H2,1H3,(H2,10,12). The van der Waals surface area contributed by atoms with Crippen molar-refractivity contribution in [3.05, 3.63) is 12.7 Å². The Morgan fingerprint density at radius 2 is 2.25 bits per heavy atom. The summed E-state index contributed by atoms with van der Waals surface area (Å²) in [5.74, 6) is 0. The summed E-state index contributed by atoms with van der Waals surface area (Å²) in [6, 6.07) is -0.356. The second-order valence-electron chi connectivity index (χ2n) is 2.78. The lowest BCUT2D eigenvalue weighted by atomic mass is 10.2. The minimum absolute atomic E-state index is 0.356. The molecule has 3 heteroatoms. The molecule has 0 aromatic carbocycles. The van der Waals surface area contributed by atoms with Crippen molar-refractivity contribution in [2.45, 2.75) is 26.2 Å². The molecule has 0 fully saturated rings. The average Bonchev–Trinajstić information content (AvgIpc) is 2.03. The molecule has 0 aromatic rings. The second kappa shape index (κ2) is 6.70. The van der Waals surface area contributed by atoms with Crippen molar-refractivity contribution in [3.8, 4) is 0 Å². The summed E-state index contributed by atoms with van der Waals surface area (Å²) in [4.78, 5) is 12.4. The van der Waals surface area contributed by atoms with Crippen molar-refractivity contribution < 1.29 is 4.79 Å². The van der Waals surface area contributed by atoms with Crippen LogP contribution in [0.1, 0.15) is 26.2 Å². The summed E-state index contributed by atoms with van der Waals surface area (Å²) >= 11 is 0. The molecule has 0 rings (SSSR count). The zero-order valence-electron chi connectivity index (χ0n) is 7.75. The molecule has 0 radical (unpaired) electrons. The van der Waals surface area contributed by atoms with Crippen molar-refractivity contribution >= 4 is 6.03 Å². The first-order valence-corrected chi connectivity index (χ1v) is 4.37. The Balaban J connectivity index is 3.63. The zero-order valence-corrected chi connectivity index (χ0v) is 7.75. The summed E-state index contributed by atoms with van der Waals surface area (Å²) in [7, 11) is 0. The van der Waals surface area contributed by atoms with E-state index in [4.69, 9.17) is 5.73 Å². The van der Waals surface area contributed by atoms with Gasteiger partial charge in [-0.1, -0.05) is 25.8 Å². The monoisotopic (exact) mass is 170 g/mol. The van der Waals surface area contributed by atoms with Crippen molar-refractivity contribution in [3.63, 3.8) is 0 Å². The zero-order chi connectivity index (χ0) is 9.40. The van der Waals surface area contributed by atoms with Crippen molar-refractivity contribution in [1.82, 2.24) is 4.90 Å². The van der Waals surface area contributed by atoms with Gasteiger partial charge in [0.15, 0.2) is 0 Å². The summed E-state index contributed by atoms with van der Waals surface area (Å²) in [6.07, 6.45) is 5.01. The Hall–Kier alpha value is -0.990. The number of rotatable bonds is 6. The number of hydrogen-bond donors (Lipinski definition) is 1. The van der Waals surface area contributed by atoms with E-state index in [0.29, 0.717) is 6.54 Å². The third kappa shape index (κ3) is 4.77. The highest BCUT2D eigenvalue weighted by molar-refractivity contribution is 5.72. The van der Waals surface area contributed by atoms with Gasteiger partial charge in [0, 0.05) is 13.1 Å². The van der Waals surface area contributed by atoms with Crippen molar-refractivity contribution in [2.24, 2.45) is 5.73 Å². The average molecular weight is 170 g/mol. The summed E-state index contributed by atoms with van der Waals surface area (Å²) in [5.41, 5.74) is 5.14. The van der Waals surface area contributed by atoms with Gasteiger partial charge >= 0.3 is 6.03 Å². The second-order valence-corrected chi connectivity index (χ2v) is 2.78. The van der Waals surface area contributed by atoms with E-state index < -0.39 is 0 Å². The van der Waals surface area contributed by atoms with Crippen LogP contribution in [0.5, 0.6) is 0 Å². The Labute approximate surface area is 74.2 Å². The Kier molecular flexibility index (Phi) is 6.15. The van der Waals surface area contributed by atoms with E-state index in [1.165, 1.54) is 0 Å². The fraction of sp³-hybridized carbons (Fsp3) is 0.667. The third-order valence-electron chi connectivity index (χ3n) is 1.69. The van der Waals surface area contributed by atoms with E-state index in [1.54, 1.807) is 11.0 Å². The lowest BCUT2D eigenvalue weighted by Gasteiger charge is -2.17. The molecule has 0 spiro atoms. The third-order valence-corrected chi connectivity index (χ3v) is 1.69. The largest absolute Gasteiger partial charge is 0.351 e. The molecule has 2 N–H and O–H groups in total. The maximum absolute atomic E-state index is 10.8. The van der Waals surface area contributed by atoms with E-state index in [-0.39, 0.29) is 6.03 Å². The highest BCUT2D eigenvalue weighted by Crippen LogP contribution is 1.97. The Morgan fingerprint density at radius 3 is 2.67 bits per heavy atom. The molecule has 0 heterocycles. The summed E-state index contributed by atoms with van der Waals surface area (Å²) in [6.45, 7) is 6.99. The van der Waals surface area contributed by atoms with Crippen LogP contribution in [0, 0.1) is 0 Å². The number of primary amides is 1. The van der Waals surface area contributed by atoms with Gasteiger partial charge in [-0.25, -0.2) is 4.79 Å². The predicted octanol–water partition coefficient (Wildman–Crippen LogP) is 1.74. The number of amides is 2. The molecular weight excluding hydrogens is 152 g/mol. The molecule has 2 amide bonds. The molecule has 0 aliphatic rings. The van der Waals surface area contributed by atoms with Gasteiger partial charge in [0.2, 0.25) is 0 Å². The van der Waals surface area contributed by atoms with Gasteiger partial charge < -0.3 is 10.6 Å². The molecule has 0 unspecified atom stereocenters. The van der Waals surface area contributed by atoms with Gasteiger partial charge in [0.05, 0.1) is 0 Å². The van der Waals surface area contributed by atoms with Crippen LogP contribution in [-0.2, 0) is 0 Å². The van der Waals surface area contributed by atoms with Crippen LogP contribution in [0.15, 0.2) is 12.7 Å². The van der Waals surface area contributed by atoms with Crippen LogP contribution < -0.4 is 5.73 Å². The van der Waals surface area contributed by atoms with E-state index in [9.17, 15) is 4.79 Å². The molecule has 0 aromatic heterocycles. The lowest BCUT2D eigenvalue weighted by Crippen LogP contribution is -2.36. The van der Waals surface area contributed by atoms with E-state index >= 15 is 0 Å². The number of carbonyl (C=O) groups is 1. The van der Waals surface area contributed by atoms with E-state index in [2.05, 4.69) is 13.5 Å². The number of carbonyl (C=O) groups excluding carboxylic acids is 1. The quantitative estimate of drug-likeness (QED) is 0.479. The topological polar surface area (TPSA) is 46.3 Å². The maximum Gasteiger partial charge on any atom is 0.315 e. The van der Waals surface area contributed by atoms with Gasteiger partial charge in [-0.3, -0.25) is 0 Å². The van der Waals surface area contributed by atoms with Crippen LogP contribution >= 0.6 is 0 Å². The van der Waals surface area contributed by atoms with Gasteiger partial charge in [-0.05, 0) is 6.42 Å². The highest BCUT2D eigenvalue weighted by atomic mass is 16.2. The summed E-state index contributed by atoms with van der Waals surface area (Å²) in [5, 5.41) is 0. The normalized spacial score (nSPS) is 9.42. The smallest absolute Gasteiger partial charge is 0.315 e. The van der Waals surface area contributed by atoms with Crippen LogP contribution in [0.25, 0.3) is 0 Å². The lowest BCUT2D eigenvalue weighted by molar-refractivity contribution is 0.212. The highest BCUT2D eigenvalue weighted by Gasteiger charge is 2.05. The summed E-state index contributed by atoms with van der Waals surface area (Å²) < 4.78 is 0. The number of nitrogens with zero attached hydrogens (tertiary/aromatic N) is 1. The van der Waals surface area contributed by atoms with Gasteiger partial charge in [0.1, 0.15) is 0 Å². The Bertz CT molecular complexity index is 145. The molecule has 70 valence electrons. The maximum atomic E-state index is 10.8. The molecule has 0 bridgehead atoms. The minimum atomic E-state index is -0.356. The SMILES string of the molecule is C=CCN(CCCCC)C(N)=O. The molecule has 0 atom stereocenters. The van der Waals surface area contributed by atoms with Crippen LogP contribution in [-0.4, -0.2) is 24.0 Å².